The Hall–Kier alpha value is -2.24. The zero-order valence-electron chi connectivity index (χ0n) is 15.2. The van der Waals surface area contributed by atoms with Crippen LogP contribution in [0.1, 0.15) is 45.6 Å². The lowest BCUT2D eigenvalue weighted by atomic mass is 10.0. The van der Waals surface area contributed by atoms with Gasteiger partial charge in [0, 0.05) is 6.54 Å². The second-order valence-corrected chi connectivity index (χ2v) is 7.16. The molecule has 25 heavy (non-hydrogen) atoms. The van der Waals surface area contributed by atoms with Crippen LogP contribution in [0.5, 0.6) is 0 Å². The monoisotopic (exact) mass is 349 g/mol. The molecule has 0 aromatic heterocycles. The molecule has 1 aromatic carbocycles. The summed E-state index contributed by atoms with van der Waals surface area (Å²) in [6.45, 7) is 6.40. The van der Waals surface area contributed by atoms with Crippen LogP contribution < -0.4 is 0 Å². The molecule has 1 aromatic rings. The molecule has 1 atom stereocenters. The van der Waals surface area contributed by atoms with E-state index >= 15 is 0 Å². The zero-order valence-corrected chi connectivity index (χ0v) is 15.2. The number of benzene rings is 1. The molecule has 138 valence electrons. The summed E-state index contributed by atoms with van der Waals surface area (Å²) in [5, 5.41) is 0. The van der Waals surface area contributed by atoms with E-state index < -0.39 is 11.8 Å². The van der Waals surface area contributed by atoms with Crippen LogP contribution in [0.3, 0.4) is 0 Å². The van der Waals surface area contributed by atoms with E-state index in [9.17, 15) is 9.59 Å². The summed E-state index contributed by atoms with van der Waals surface area (Å²) in [4.78, 5) is 25.7. The van der Waals surface area contributed by atoms with Crippen molar-refractivity contribution < 1.29 is 23.8 Å². The molecular weight excluding hydrogens is 322 g/mol. The summed E-state index contributed by atoms with van der Waals surface area (Å²) in [5.41, 5.74) is 0.349. The van der Waals surface area contributed by atoms with Crippen LogP contribution >= 0.6 is 0 Å². The lowest BCUT2D eigenvalue weighted by Crippen LogP contribution is -2.48. The maximum Gasteiger partial charge on any atom is 0.508 e. The fourth-order valence-electron chi connectivity index (χ4n) is 2.66. The highest BCUT2D eigenvalue weighted by atomic mass is 16.7. The quantitative estimate of drug-likeness (QED) is 0.765. The van der Waals surface area contributed by atoms with E-state index in [2.05, 4.69) is 0 Å². The number of piperidine rings is 1. The molecule has 0 radical (unpaired) electrons. The lowest BCUT2D eigenvalue weighted by Gasteiger charge is -2.36. The highest BCUT2D eigenvalue weighted by Gasteiger charge is 2.31. The molecule has 1 heterocycles. The van der Waals surface area contributed by atoms with Gasteiger partial charge in [0.25, 0.3) is 0 Å². The number of likely N-dealkylation sites (tertiary alicyclic amines) is 1. The number of ether oxygens (including phenoxy) is 3. The second-order valence-electron chi connectivity index (χ2n) is 7.16. The molecular formula is C19H27NO5. The minimum Gasteiger partial charge on any atom is -0.444 e. The van der Waals surface area contributed by atoms with Crippen molar-refractivity contribution in [1.29, 1.82) is 0 Å². The van der Waals surface area contributed by atoms with Gasteiger partial charge in [-0.15, -0.1) is 0 Å². The van der Waals surface area contributed by atoms with Crippen molar-refractivity contribution in [2.45, 2.75) is 58.3 Å². The minimum atomic E-state index is -0.724. The van der Waals surface area contributed by atoms with Crippen molar-refractivity contribution in [3.05, 3.63) is 35.9 Å². The molecule has 1 aliphatic rings. The first-order chi connectivity index (χ1) is 11.8. The Morgan fingerprint density at radius 2 is 1.84 bits per heavy atom. The predicted molar refractivity (Wildman–Crippen MR) is 93.2 cm³/mol. The van der Waals surface area contributed by atoms with Gasteiger partial charge in [0.1, 0.15) is 18.8 Å². The smallest absolute Gasteiger partial charge is 0.444 e. The summed E-state index contributed by atoms with van der Waals surface area (Å²) in [5.74, 6) is 0. The number of hydrogen-bond acceptors (Lipinski definition) is 5. The van der Waals surface area contributed by atoms with Gasteiger partial charge in [0.05, 0.1) is 6.04 Å². The third kappa shape index (κ3) is 6.64. The van der Waals surface area contributed by atoms with E-state index in [1.54, 1.807) is 4.90 Å². The number of amides is 1. The first-order valence-electron chi connectivity index (χ1n) is 8.68. The van der Waals surface area contributed by atoms with Gasteiger partial charge < -0.3 is 19.1 Å². The van der Waals surface area contributed by atoms with Crippen molar-refractivity contribution >= 4 is 12.2 Å². The second kappa shape index (κ2) is 8.74. The SMILES string of the molecule is CC(C)(C)OC(=O)N1CCCC[C@@H]1COC(=O)OCc1ccccc1. The Balaban J connectivity index is 1.80. The Bertz CT molecular complexity index is 567. The molecule has 0 spiro atoms. The van der Waals surface area contributed by atoms with E-state index in [-0.39, 0.29) is 25.3 Å². The third-order valence-electron chi connectivity index (χ3n) is 3.85. The van der Waals surface area contributed by atoms with Crippen molar-refractivity contribution in [3.63, 3.8) is 0 Å². The Morgan fingerprint density at radius 1 is 1.12 bits per heavy atom. The van der Waals surface area contributed by atoms with Crippen LogP contribution in [-0.4, -0.2) is 41.9 Å². The normalized spacial score (nSPS) is 17.7. The summed E-state index contributed by atoms with van der Waals surface area (Å²) in [7, 11) is 0. The van der Waals surface area contributed by atoms with Crippen LogP contribution in [0.25, 0.3) is 0 Å². The van der Waals surface area contributed by atoms with Gasteiger partial charge in [-0.3, -0.25) is 0 Å². The van der Waals surface area contributed by atoms with Crippen molar-refractivity contribution in [2.75, 3.05) is 13.2 Å². The van der Waals surface area contributed by atoms with Crippen LogP contribution in [0, 0.1) is 0 Å². The first-order valence-corrected chi connectivity index (χ1v) is 8.68. The average Bonchev–Trinajstić information content (AvgIpc) is 2.58. The van der Waals surface area contributed by atoms with Gasteiger partial charge in [-0.05, 0) is 45.6 Å². The molecule has 0 saturated carbocycles. The van der Waals surface area contributed by atoms with Crippen LogP contribution in [0.15, 0.2) is 30.3 Å². The number of rotatable bonds is 4. The molecule has 6 heteroatoms. The summed E-state index contributed by atoms with van der Waals surface area (Å²) < 4.78 is 15.7. The number of nitrogens with zero attached hydrogens (tertiary/aromatic N) is 1. The van der Waals surface area contributed by atoms with E-state index in [0.29, 0.717) is 6.54 Å². The van der Waals surface area contributed by atoms with Crippen molar-refractivity contribution in [3.8, 4) is 0 Å². The maximum absolute atomic E-state index is 12.3. The molecule has 1 fully saturated rings. The maximum atomic E-state index is 12.3. The summed E-state index contributed by atoms with van der Waals surface area (Å²) in [6, 6.07) is 9.23. The summed E-state index contributed by atoms with van der Waals surface area (Å²) in [6.07, 6.45) is 1.61. The molecule has 6 nitrogen and oxygen atoms in total. The molecule has 1 saturated heterocycles. The molecule has 0 N–H and O–H groups in total. The van der Waals surface area contributed by atoms with Gasteiger partial charge in [-0.2, -0.15) is 0 Å². The molecule has 2 rings (SSSR count). The Labute approximate surface area is 149 Å². The van der Waals surface area contributed by atoms with E-state index in [1.807, 2.05) is 51.1 Å². The van der Waals surface area contributed by atoms with Gasteiger partial charge >= 0.3 is 12.2 Å². The molecule has 1 aliphatic heterocycles. The van der Waals surface area contributed by atoms with E-state index in [1.165, 1.54) is 0 Å². The lowest BCUT2D eigenvalue weighted by molar-refractivity contribution is -0.0100. The minimum absolute atomic E-state index is 0.118. The Morgan fingerprint density at radius 3 is 2.52 bits per heavy atom. The standard InChI is InChI=1S/C19H27NO5/c1-19(2,3)25-17(21)20-12-8-7-11-16(20)14-24-18(22)23-13-15-9-5-4-6-10-15/h4-6,9-10,16H,7-8,11-14H2,1-3H3/t16-/m1/s1. The van der Waals surface area contributed by atoms with Crippen molar-refractivity contribution in [2.24, 2.45) is 0 Å². The van der Waals surface area contributed by atoms with E-state index in [4.69, 9.17) is 14.2 Å². The van der Waals surface area contributed by atoms with Crippen molar-refractivity contribution in [1.82, 2.24) is 4.90 Å². The van der Waals surface area contributed by atoms with Crippen LogP contribution in [0.2, 0.25) is 0 Å². The molecule has 0 aliphatic carbocycles. The highest BCUT2D eigenvalue weighted by Crippen LogP contribution is 2.21. The van der Waals surface area contributed by atoms with Gasteiger partial charge in [0.15, 0.2) is 0 Å². The largest absolute Gasteiger partial charge is 0.508 e. The average molecular weight is 349 g/mol. The highest BCUT2D eigenvalue weighted by molar-refractivity contribution is 5.68. The zero-order chi connectivity index (χ0) is 18.3. The summed E-state index contributed by atoms with van der Waals surface area (Å²) >= 11 is 0. The van der Waals surface area contributed by atoms with Gasteiger partial charge in [0.2, 0.25) is 0 Å². The molecule has 0 unspecified atom stereocenters. The topological polar surface area (TPSA) is 65.1 Å². The van der Waals surface area contributed by atoms with Crippen LogP contribution in [0.4, 0.5) is 9.59 Å². The van der Waals surface area contributed by atoms with E-state index in [0.717, 1.165) is 24.8 Å². The van der Waals surface area contributed by atoms with Gasteiger partial charge in [-0.25, -0.2) is 9.59 Å². The molecule has 0 bridgehead atoms. The third-order valence-corrected chi connectivity index (χ3v) is 3.85. The molecule has 1 amide bonds. The van der Waals surface area contributed by atoms with Gasteiger partial charge in [-0.1, -0.05) is 30.3 Å². The predicted octanol–water partition coefficient (Wildman–Crippen LogP) is 4.13. The number of carbonyl (C=O) groups is 2. The fourth-order valence-corrected chi connectivity index (χ4v) is 2.66. The number of hydrogen-bond donors (Lipinski definition) is 0. The van der Waals surface area contributed by atoms with Crippen LogP contribution in [-0.2, 0) is 20.8 Å². The Kier molecular flexibility index (Phi) is 6.67. The fraction of sp³-hybridized carbons (Fsp3) is 0.579. The first kappa shape index (κ1) is 19.1. The number of carbonyl (C=O) groups excluding carboxylic acids is 2.